The maximum atomic E-state index is 13.9. The summed E-state index contributed by atoms with van der Waals surface area (Å²) in [5.41, 5.74) is 0. The molecule has 20 heteroatoms. The first kappa shape index (κ1) is 34.8. The maximum Gasteiger partial charge on any atom is 0.460 e. The second kappa shape index (κ2) is 10.6. The Hall–Kier alpha value is -2.21. The SMILES string of the molecule is O=C(CCC(Cl)CC(F)(F)C(F)(F)C(F)(F)C(F)(F)C(F)(F)C(F)(F)C(F)(F)C(F)(F)F)Oc1ccccc1. The van der Waals surface area contributed by atoms with Gasteiger partial charge >= 0.3 is 53.6 Å². The van der Waals surface area contributed by atoms with Crippen LogP contribution in [-0.4, -0.2) is 59.0 Å². The summed E-state index contributed by atoms with van der Waals surface area (Å²) in [5, 5.41) is -2.52. The molecule has 0 amide bonds. The summed E-state index contributed by atoms with van der Waals surface area (Å²) in [4.78, 5) is 11.6. The number of ether oxygens (including phenoxy) is 1. The molecule has 0 spiro atoms. The van der Waals surface area contributed by atoms with E-state index in [0.29, 0.717) is 0 Å². The zero-order valence-corrected chi connectivity index (χ0v) is 19.0. The molecule has 226 valence electrons. The predicted octanol–water partition coefficient (Wildman–Crippen LogP) is 8.38. The van der Waals surface area contributed by atoms with E-state index in [9.17, 15) is 79.4 Å². The number of rotatable bonds is 12. The van der Waals surface area contributed by atoms with Gasteiger partial charge in [-0.3, -0.25) is 4.79 Å². The first-order chi connectivity index (χ1) is 17.1. The summed E-state index contributed by atoms with van der Waals surface area (Å²) in [5.74, 6) is -58.3. The first-order valence-corrected chi connectivity index (χ1v) is 10.2. The molecule has 0 bridgehead atoms. The molecular formula is C19H12ClF17O2. The van der Waals surface area contributed by atoms with Crippen LogP contribution in [0.1, 0.15) is 19.3 Å². The molecule has 0 heterocycles. The van der Waals surface area contributed by atoms with E-state index in [1.165, 1.54) is 30.3 Å². The molecule has 0 fully saturated rings. The Kier molecular flexibility index (Phi) is 9.50. The van der Waals surface area contributed by atoms with E-state index in [2.05, 4.69) is 4.74 Å². The molecule has 0 N–H and O–H groups in total. The highest BCUT2D eigenvalue weighted by Gasteiger charge is 2.95. The number of hydrogen-bond acceptors (Lipinski definition) is 2. The van der Waals surface area contributed by atoms with Crippen LogP contribution in [0.15, 0.2) is 30.3 Å². The molecule has 1 unspecified atom stereocenters. The lowest BCUT2D eigenvalue weighted by atomic mass is 9.87. The van der Waals surface area contributed by atoms with Gasteiger partial charge in [-0.2, -0.15) is 74.6 Å². The zero-order chi connectivity index (χ0) is 31.1. The maximum absolute atomic E-state index is 13.9. The van der Waals surface area contributed by atoms with Gasteiger partial charge in [0.05, 0.1) is 0 Å². The van der Waals surface area contributed by atoms with Crippen molar-refractivity contribution >= 4 is 17.6 Å². The number of alkyl halides is 18. The van der Waals surface area contributed by atoms with E-state index < -0.39 is 78.2 Å². The van der Waals surface area contributed by atoms with E-state index >= 15 is 0 Å². The van der Waals surface area contributed by atoms with Gasteiger partial charge in [0.1, 0.15) is 5.75 Å². The minimum Gasteiger partial charge on any atom is -0.427 e. The monoisotopic (exact) mass is 630 g/mol. The van der Waals surface area contributed by atoms with Gasteiger partial charge in [-0.25, -0.2) is 0 Å². The third kappa shape index (κ3) is 5.96. The summed E-state index contributed by atoms with van der Waals surface area (Å²) >= 11 is 5.21. The van der Waals surface area contributed by atoms with Gasteiger partial charge in [-0.15, -0.1) is 11.6 Å². The molecule has 0 radical (unpaired) electrons. The van der Waals surface area contributed by atoms with Crippen LogP contribution >= 0.6 is 11.6 Å². The lowest BCUT2D eigenvalue weighted by molar-refractivity contribution is -0.461. The van der Waals surface area contributed by atoms with Crippen molar-refractivity contribution in [3.05, 3.63) is 30.3 Å². The van der Waals surface area contributed by atoms with Gasteiger partial charge in [-0.1, -0.05) is 18.2 Å². The predicted molar refractivity (Wildman–Crippen MR) is 96.3 cm³/mol. The lowest BCUT2D eigenvalue weighted by Gasteiger charge is -2.43. The van der Waals surface area contributed by atoms with E-state index in [1.54, 1.807) is 0 Å². The van der Waals surface area contributed by atoms with Crippen LogP contribution in [0.5, 0.6) is 5.75 Å². The molecular weight excluding hydrogens is 619 g/mol. The highest BCUT2D eigenvalue weighted by Crippen LogP contribution is 2.64. The number of halogens is 18. The van der Waals surface area contributed by atoms with Gasteiger partial charge in [0.25, 0.3) is 0 Å². The minimum absolute atomic E-state index is 0.124. The number of carbonyl (C=O) groups excluding carboxylic acids is 1. The third-order valence-corrected chi connectivity index (χ3v) is 5.27. The average Bonchev–Trinajstić information content (AvgIpc) is 2.76. The van der Waals surface area contributed by atoms with Gasteiger partial charge in [0.2, 0.25) is 0 Å². The van der Waals surface area contributed by atoms with Crippen LogP contribution in [0.25, 0.3) is 0 Å². The fourth-order valence-electron chi connectivity index (χ4n) is 2.65. The average molecular weight is 631 g/mol. The highest BCUT2D eigenvalue weighted by atomic mass is 35.5. The molecule has 0 aliphatic rings. The largest absolute Gasteiger partial charge is 0.460 e. The Morgan fingerprint density at radius 2 is 1.03 bits per heavy atom. The molecule has 0 aliphatic heterocycles. The number of hydrogen-bond donors (Lipinski definition) is 0. The highest BCUT2D eigenvalue weighted by molar-refractivity contribution is 6.20. The van der Waals surface area contributed by atoms with E-state index in [-0.39, 0.29) is 5.75 Å². The normalized spacial score (nSPS) is 15.7. The van der Waals surface area contributed by atoms with Gasteiger partial charge in [0, 0.05) is 18.2 Å². The van der Waals surface area contributed by atoms with E-state index in [4.69, 9.17) is 11.6 Å². The van der Waals surface area contributed by atoms with E-state index in [1.807, 2.05) is 0 Å². The summed E-state index contributed by atoms with van der Waals surface area (Å²) in [6, 6.07) is 6.59. The second-order valence-corrected chi connectivity index (χ2v) is 8.39. The molecule has 1 rings (SSSR count). The van der Waals surface area contributed by atoms with Crippen LogP contribution in [0, 0.1) is 0 Å². The number of para-hydroxylation sites is 1. The van der Waals surface area contributed by atoms with Crippen molar-refractivity contribution < 1.29 is 84.2 Å². The number of benzene rings is 1. The van der Waals surface area contributed by atoms with Crippen molar-refractivity contribution in [2.24, 2.45) is 0 Å². The summed E-state index contributed by atoms with van der Waals surface area (Å²) in [6.07, 6.45) is -12.8. The van der Waals surface area contributed by atoms with Crippen molar-refractivity contribution in [1.82, 2.24) is 0 Å². The zero-order valence-electron chi connectivity index (χ0n) is 18.2. The van der Waals surface area contributed by atoms with Crippen molar-refractivity contribution in [3.63, 3.8) is 0 Å². The van der Waals surface area contributed by atoms with Crippen LogP contribution in [0.4, 0.5) is 74.6 Å². The molecule has 1 aromatic carbocycles. The molecule has 0 aromatic heterocycles. The van der Waals surface area contributed by atoms with Crippen LogP contribution < -0.4 is 4.74 Å². The van der Waals surface area contributed by atoms with Crippen molar-refractivity contribution in [2.75, 3.05) is 0 Å². The standard InChI is InChI=1S/C19H12ClF17O2/c20-9(6-7-11(38)39-10-4-2-1-3-5-10)8-12(21,22)13(23,24)14(25,26)15(27,28)16(29,30)17(31,32)18(33,34)19(35,36)37/h1-5,9H,6-8H2. The summed E-state index contributed by atoms with van der Waals surface area (Å²) in [6.45, 7) is 0. The Labute approximate surface area is 211 Å². The summed E-state index contributed by atoms with van der Waals surface area (Å²) in [7, 11) is 0. The Balaban J connectivity index is 3.20. The molecule has 1 atom stereocenters. The van der Waals surface area contributed by atoms with Gasteiger partial charge in [0.15, 0.2) is 0 Å². The van der Waals surface area contributed by atoms with E-state index in [0.717, 1.165) is 0 Å². The molecule has 39 heavy (non-hydrogen) atoms. The van der Waals surface area contributed by atoms with Crippen LogP contribution in [0.3, 0.4) is 0 Å². The topological polar surface area (TPSA) is 26.3 Å². The van der Waals surface area contributed by atoms with Crippen molar-refractivity contribution in [3.8, 4) is 5.75 Å². The Morgan fingerprint density at radius 3 is 1.44 bits per heavy atom. The Morgan fingerprint density at radius 1 is 0.641 bits per heavy atom. The number of carbonyl (C=O) groups is 1. The third-order valence-electron chi connectivity index (χ3n) is 4.90. The van der Waals surface area contributed by atoms with Crippen molar-refractivity contribution in [2.45, 2.75) is 72.3 Å². The number of esters is 1. The molecule has 0 saturated carbocycles. The van der Waals surface area contributed by atoms with Crippen LogP contribution in [0.2, 0.25) is 0 Å². The smallest absolute Gasteiger partial charge is 0.427 e. The van der Waals surface area contributed by atoms with Crippen molar-refractivity contribution in [1.29, 1.82) is 0 Å². The first-order valence-electron chi connectivity index (χ1n) is 9.73. The molecule has 1 aromatic rings. The minimum atomic E-state index is -8.69. The Bertz CT molecular complexity index is 991. The lowest BCUT2D eigenvalue weighted by Crippen LogP contribution is -2.74. The molecule has 0 aliphatic carbocycles. The van der Waals surface area contributed by atoms with Gasteiger partial charge < -0.3 is 4.74 Å². The molecule has 2 nitrogen and oxygen atoms in total. The summed E-state index contributed by atoms with van der Waals surface area (Å²) < 4.78 is 230. The van der Waals surface area contributed by atoms with Gasteiger partial charge in [-0.05, 0) is 18.6 Å². The fourth-order valence-corrected chi connectivity index (χ4v) is 2.95. The quantitative estimate of drug-likeness (QED) is 0.100. The molecule has 0 saturated heterocycles. The second-order valence-electron chi connectivity index (χ2n) is 7.78. The van der Waals surface area contributed by atoms with Crippen LogP contribution in [-0.2, 0) is 4.79 Å². The fraction of sp³-hybridized carbons (Fsp3) is 0.632.